The fourth-order valence-electron chi connectivity index (χ4n) is 4.56. The Balaban J connectivity index is 1.42. The molecule has 1 saturated carbocycles. The molecule has 2 fully saturated rings. The van der Waals surface area contributed by atoms with Crippen LogP contribution in [0.5, 0.6) is 0 Å². The van der Waals surface area contributed by atoms with Gasteiger partial charge in [-0.2, -0.15) is 10.1 Å². The normalized spacial score (nSPS) is 29.3. The number of hydrogen-bond donors (Lipinski definition) is 0. The summed E-state index contributed by atoms with van der Waals surface area (Å²) in [6.07, 6.45) is 8.66. The van der Waals surface area contributed by atoms with Crippen molar-refractivity contribution < 1.29 is 9.59 Å². The van der Waals surface area contributed by atoms with E-state index < -0.39 is 0 Å². The number of rotatable bonds is 3. The predicted molar refractivity (Wildman–Crippen MR) is 97.7 cm³/mol. The molecule has 4 atom stereocenters. The average Bonchev–Trinajstić information content (AvgIpc) is 3.40. The molecule has 130 valence electrons. The highest BCUT2D eigenvalue weighted by molar-refractivity contribution is 6.06. The Labute approximate surface area is 151 Å². The van der Waals surface area contributed by atoms with Gasteiger partial charge in [0.2, 0.25) is 0 Å². The van der Waals surface area contributed by atoms with Crippen molar-refractivity contribution in [2.45, 2.75) is 13.3 Å². The minimum absolute atomic E-state index is 0.151. The number of hydrazone groups is 1. The van der Waals surface area contributed by atoms with Gasteiger partial charge in [0.15, 0.2) is 0 Å². The van der Waals surface area contributed by atoms with Gasteiger partial charge in [-0.1, -0.05) is 29.8 Å². The molecule has 2 heterocycles. The van der Waals surface area contributed by atoms with Crippen molar-refractivity contribution >= 4 is 18.0 Å². The number of imide groups is 1. The fraction of sp³-hybridized carbons (Fsp3) is 0.286. The highest BCUT2D eigenvalue weighted by atomic mass is 16.2. The molecule has 2 aromatic rings. The molecule has 5 nitrogen and oxygen atoms in total. The number of nitrogens with zero attached hydrogens (tertiary/aromatic N) is 3. The van der Waals surface area contributed by atoms with Gasteiger partial charge in [0, 0.05) is 11.9 Å². The van der Waals surface area contributed by atoms with Crippen molar-refractivity contribution in [3.63, 3.8) is 0 Å². The molecule has 2 aliphatic carbocycles. The van der Waals surface area contributed by atoms with Crippen LogP contribution in [0.15, 0.2) is 59.8 Å². The van der Waals surface area contributed by atoms with Crippen molar-refractivity contribution in [3.05, 3.63) is 66.0 Å². The van der Waals surface area contributed by atoms with Gasteiger partial charge >= 0.3 is 0 Å². The maximum atomic E-state index is 12.7. The highest BCUT2D eigenvalue weighted by Gasteiger charge is 2.59. The monoisotopic (exact) mass is 345 g/mol. The Morgan fingerprint density at radius 1 is 1.00 bits per heavy atom. The standard InChI is InChI=1S/C21H19N3O2/c1-13-4-8-16(9-5-13)23-10-2-3-17(23)12-22-24-20(25)18-14-6-7-15(11-14)19(18)21(24)26/h2-10,12,14-15,18-19H,11H2,1H3/t14-,15-,18-,19+/m0/s1. The molecule has 2 amide bonds. The summed E-state index contributed by atoms with van der Waals surface area (Å²) < 4.78 is 1.99. The quantitative estimate of drug-likeness (QED) is 0.488. The van der Waals surface area contributed by atoms with Gasteiger partial charge in [-0.15, -0.1) is 0 Å². The van der Waals surface area contributed by atoms with E-state index in [0.29, 0.717) is 0 Å². The summed E-state index contributed by atoms with van der Waals surface area (Å²) in [4.78, 5) is 25.4. The lowest BCUT2D eigenvalue weighted by atomic mass is 9.85. The maximum Gasteiger partial charge on any atom is 0.254 e. The molecule has 5 heteroatoms. The van der Waals surface area contributed by atoms with E-state index in [1.807, 2.05) is 54.1 Å². The summed E-state index contributed by atoms with van der Waals surface area (Å²) in [7, 11) is 0. The Kier molecular flexibility index (Phi) is 3.26. The number of aryl methyl sites for hydroxylation is 1. The average molecular weight is 345 g/mol. The molecule has 0 N–H and O–H groups in total. The van der Waals surface area contributed by atoms with E-state index in [1.54, 1.807) is 6.21 Å². The zero-order chi connectivity index (χ0) is 17.8. The van der Waals surface area contributed by atoms with Crippen LogP contribution in [0.4, 0.5) is 0 Å². The molecule has 2 bridgehead atoms. The van der Waals surface area contributed by atoms with E-state index in [1.165, 1.54) is 5.56 Å². The van der Waals surface area contributed by atoms with Crippen LogP contribution in [0.25, 0.3) is 5.69 Å². The molecule has 3 aliphatic rings. The third-order valence-corrected chi connectivity index (χ3v) is 5.84. The fourth-order valence-corrected chi connectivity index (χ4v) is 4.56. The number of allylic oxidation sites excluding steroid dienone is 2. The van der Waals surface area contributed by atoms with Crippen LogP contribution in [0, 0.1) is 30.6 Å². The second kappa shape index (κ2) is 5.53. The summed E-state index contributed by atoms with van der Waals surface area (Å²) in [5.74, 6) is -0.309. The molecule has 0 unspecified atom stereocenters. The Morgan fingerprint density at radius 2 is 1.65 bits per heavy atom. The van der Waals surface area contributed by atoms with Gasteiger partial charge in [-0.05, 0) is 49.4 Å². The van der Waals surface area contributed by atoms with Gasteiger partial charge in [-0.25, -0.2) is 0 Å². The first-order valence-electron chi connectivity index (χ1n) is 8.98. The van der Waals surface area contributed by atoms with Crippen LogP contribution in [-0.4, -0.2) is 27.6 Å². The first-order valence-corrected chi connectivity index (χ1v) is 8.98. The SMILES string of the molecule is Cc1ccc(-n2cccc2C=NN2C(=O)[C@@H]3[C@H](C2=O)[C@H]2C=C[C@H]3C2)cc1. The number of carbonyl (C=O) groups is 2. The maximum absolute atomic E-state index is 12.7. The first kappa shape index (κ1) is 15.3. The highest BCUT2D eigenvalue weighted by Crippen LogP contribution is 2.52. The summed E-state index contributed by atoms with van der Waals surface area (Å²) in [6, 6.07) is 12.0. The summed E-state index contributed by atoms with van der Waals surface area (Å²) >= 11 is 0. The van der Waals surface area contributed by atoms with Crippen molar-refractivity contribution in [1.29, 1.82) is 0 Å². The molecule has 1 aromatic heterocycles. The summed E-state index contributed by atoms with van der Waals surface area (Å²) in [6.45, 7) is 2.05. The zero-order valence-electron chi connectivity index (χ0n) is 14.4. The lowest BCUT2D eigenvalue weighted by molar-refractivity contribution is -0.140. The molecular formula is C21H19N3O2. The second-order valence-corrected chi connectivity index (χ2v) is 7.37. The Hall–Kier alpha value is -2.95. The van der Waals surface area contributed by atoms with E-state index in [9.17, 15) is 9.59 Å². The molecule has 5 rings (SSSR count). The summed E-state index contributed by atoms with van der Waals surface area (Å²) in [5, 5.41) is 5.36. The van der Waals surface area contributed by atoms with Crippen LogP contribution in [-0.2, 0) is 9.59 Å². The molecule has 1 saturated heterocycles. The van der Waals surface area contributed by atoms with Crippen molar-refractivity contribution in [1.82, 2.24) is 9.58 Å². The van der Waals surface area contributed by atoms with Crippen LogP contribution >= 0.6 is 0 Å². The van der Waals surface area contributed by atoms with E-state index in [-0.39, 0.29) is 35.5 Å². The second-order valence-electron chi connectivity index (χ2n) is 7.37. The molecule has 1 aromatic carbocycles. The number of fused-ring (bicyclic) bond motifs is 5. The van der Waals surface area contributed by atoms with Gasteiger partial charge in [0.05, 0.1) is 23.7 Å². The van der Waals surface area contributed by atoms with E-state index in [0.717, 1.165) is 22.8 Å². The number of amides is 2. The minimum atomic E-state index is -0.210. The Bertz CT molecular complexity index is 924. The van der Waals surface area contributed by atoms with E-state index in [4.69, 9.17) is 0 Å². The first-order chi connectivity index (χ1) is 12.6. The lowest BCUT2D eigenvalue weighted by Crippen LogP contribution is -2.28. The van der Waals surface area contributed by atoms with E-state index in [2.05, 4.69) is 17.3 Å². The minimum Gasteiger partial charge on any atom is -0.316 e. The molecule has 1 aliphatic heterocycles. The van der Waals surface area contributed by atoms with E-state index >= 15 is 0 Å². The molecular weight excluding hydrogens is 326 g/mol. The molecule has 0 radical (unpaired) electrons. The van der Waals surface area contributed by atoms with Crippen LogP contribution in [0.3, 0.4) is 0 Å². The molecule has 0 spiro atoms. The third kappa shape index (κ3) is 2.13. The number of aromatic nitrogens is 1. The van der Waals surface area contributed by atoms with Gasteiger partial charge in [0.1, 0.15) is 0 Å². The number of hydrogen-bond acceptors (Lipinski definition) is 3. The van der Waals surface area contributed by atoms with Crippen molar-refractivity contribution in [2.75, 3.05) is 0 Å². The largest absolute Gasteiger partial charge is 0.316 e. The lowest BCUT2D eigenvalue weighted by Gasteiger charge is -2.13. The van der Waals surface area contributed by atoms with Crippen LogP contribution in [0.2, 0.25) is 0 Å². The van der Waals surface area contributed by atoms with Gasteiger partial charge in [0.25, 0.3) is 11.8 Å². The van der Waals surface area contributed by atoms with Crippen molar-refractivity contribution in [3.8, 4) is 5.69 Å². The Morgan fingerprint density at radius 3 is 2.31 bits per heavy atom. The van der Waals surface area contributed by atoms with Crippen LogP contribution < -0.4 is 0 Å². The number of benzene rings is 1. The smallest absolute Gasteiger partial charge is 0.254 e. The third-order valence-electron chi connectivity index (χ3n) is 5.84. The zero-order valence-corrected chi connectivity index (χ0v) is 14.4. The predicted octanol–water partition coefficient (Wildman–Crippen LogP) is 2.93. The molecule has 26 heavy (non-hydrogen) atoms. The number of carbonyl (C=O) groups excluding carboxylic acids is 2. The van der Waals surface area contributed by atoms with Crippen molar-refractivity contribution in [2.24, 2.45) is 28.8 Å². The van der Waals surface area contributed by atoms with Gasteiger partial charge in [-0.3, -0.25) is 9.59 Å². The summed E-state index contributed by atoms with van der Waals surface area (Å²) in [5.41, 5.74) is 3.03. The van der Waals surface area contributed by atoms with Crippen LogP contribution in [0.1, 0.15) is 17.7 Å². The topological polar surface area (TPSA) is 54.7 Å². The van der Waals surface area contributed by atoms with Gasteiger partial charge < -0.3 is 4.57 Å².